The summed E-state index contributed by atoms with van der Waals surface area (Å²) in [7, 11) is 0. The highest BCUT2D eigenvalue weighted by Crippen LogP contribution is 2.12. The molecule has 0 aliphatic heterocycles. The summed E-state index contributed by atoms with van der Waals surface area (Å²) >= 11 is 0. The highest BCUT2D eigenvalue weighted by molar-refractivity contribution is 5.39. The van der Waals surface area contributed by atoms with Crippen LogP contribution in [0.2, 0.25) is 0 Å². The van der Waals surface area contributed by atoms with Gasteiger partial charge in [0, 0.05) is 23.6 Å². The van der Waals surface area contributed by atoms with Gasteiger partial charge in [0.05, 0.1) is 6.54 Å². The molecule has 6 heteroatoms. The van der Waals surface area contributed by atoms with Crippen molar-refractivity contribution >= 4 is 0 Å². The van der Waals surface area contributed by atoms with Gasteiger partial charge in [-0.1, -0.05) is 6.07 Å². The van der Waals surface area contributed by atoms with E-state index in [0.29, 0.717) is 5.69 Å². The number of hydrogen-bond acceptors (Lipinski definition) is 2. The van der Waals surface area contributed by atoms with Crippen molar-refractivity contribution in [2.24, 2.45) is 0 Å². The normalized spacial score (nSPS) is 10.9. The Labute approximate surface area is 142 Å². The molecule has 3 rings (SSSR count). The van der Waals surface area contributed by atoms with E-state index >= 15 is 0 Å². The first kappa shape index (κ1) is 16.8. The van der Waals surface area contributed by atoms with Crippen LogP contribution in [0.3, 0.4) is 0 Å². The molecule has 0 unspecified atom stereocenters. The van der Waals surface area contributed by atoms with Crippen molar-refractivity contribution in [3.63, 3.8) is 0 Å². The Kier molecular flexibility index (Phi) is 4.35. The van der Waals surface area contributed by atoms with E-state index in [9.17, 15) is 18.4 Å². The molecule has 1 heterocycles. The third kappa shape index (κ3) is 3.42. The molecule has 4 nitrogen and oxygen atoms in total. The average Bonchev–Trinajstić information content (AvgIpc) is 2.54. The molecule has 0 bridgehead atoms. The lowest BCUT2D eigenvalue weighted by molar-refractivity contribution is 0.572. The van der Waals surface area contributed by atoms with Crippen molar-refractivity contribution in [1.29, 1.82) is 0 Å². The molecule has 0 saturated heterocycles. The molecule has 0 aliphatic rings. The zero-order chi connectivity index (χ0) is 18.1. The van der Waals surface area contributed by atoms with Crippen molar-refractivity contribution in [3.8, 4) is 5.69 Å². The number of aryl methyl sites for hydroxylation is 2. The lowest BCUT2D eigenvalue weighted by atomic mass is 10.1. The molecule has 3 aromatic rings. The van der Waals surface area contributed by atoms with Gasteiger partial charge in [0.2, 0.25) is 0 Å². The standard InChI is InChI=1S/C19H16F2N2O2/c1-12-7-13(2)9-16(8-12)23-6-5-22(18(24)19(23)25)11-14-10-15(20)3-4-17(14)21/h3-10H,11H2,1-2H3. The first-order chi connectivity index (χ1) is 11.8. The number of halogens is 2. The second-order valence-electron chi connectivity index (χ2n) is 5.99. The molecule has 1 aromatic heterocycles. The summed E-state index contributed by atoms with van der Waals surface area (Å²) in [6.45, 7) is 3.58. The Hall–Kier alpha value is -3.02. The first-order valence-corrected chi connectivity index (χ1v) is 7.70. The van der Waals surface area contributed by atoms with Gasteiger partial charge in [-0.2, -0.15) is 0 Å². The third-order valence-electron chi connectivity index (χ3n) is 3.89. The maximum absolute atomic E-state index is 13.8. The number of aromatic nitrogens is 2. The van der Waals surface area contributed by atoms with Gasteiger partial charge in [0.15, 0.2) is 0 Å². The van der Waals surface area contributed by atoms with Crippen LogP contribution in [-0.4, -0.2) is 9.13 Å². The van der Waals surface area contributed by atoms with Gasteiger partial charge in [-0.25, -0.2) is 8.78 Å². The van der Waals surface area contributed by atoms with Gasteiger partial charge in [-0.15, -0.1) is 0 Å². The van der Waals surface area contributed by atoms with Crippen LogP contribution in [0.15, 0.2) is 58.4 Å². The van der Waals surface area contributed by atoms with E-state index in [4.69, 9.17) is 0 Å². The van der Waals surface area contributed by atoms with Crippen molar-refractivity contribution in [1.82, 2.24) is 9.13 Å². The monoisotopic (exact) mass is 342 g/mol. The number of nitrogens with zero attached hydrogens (tertiary/aromatic N) is 2. The van der Waals surface area contributed by atoms with Crippen molar-refractivity contribution < 1.29 is 8.78 Å². The fourth-order valence-corrected chi connectivity index (χ4v) is 2.77. The van der Waals surface area contributed by atoms with Gasteiger partial charge >= 0.3 is 11.1 Å². The van der Waals surface area contributed by atoms with Crippen LogP contribution in [0.4, 0.5) is 8.78 Å². The first-order valence-electron chi connectivity index (χ1n) is 7.70. The average molecular weight is 342 g/mol. The Morgan fingerprint density at radius 2 is 1.56 bits per heavy atom. The van der Waals surface area contributed by atoms with Crippen LogP contribution in [0.1, 0.15) is 16.7 Å². The van der Waals surface area contributed by atoms with Crippen LogP contribution in [0.5, 0.6) is 0 Å². The highest BCUT2D eigenvalue weighted by atomic mass is 19.1. The van der Waals surface area contributed by atoms with Crippen LogP contribution >= 0.6 is 0 Å². The van der Waals surface area contributed by atoms with E-state index in [1.54, 1.807) is 12.1 Å². The molecule has 0 amide bonds. The van der Waals surface area contributed by atoms with Crippen LogP contribution in [-0.2, 0) is 6.54 Å². The third-order valence-corrected chi connectivity index (χ3v) is 3.89. The smallest absolute Gasteiger partial charge is 0.305 e. The highest BCUT2D eigenvalue weighted by Gasteiger charge is 2.10. The molecule has 25 heavy (non-hydrogen) atoms. The van der Waals surface area contributed by atoms with E-state index in [0.717, 1.165) is 33.9 Å². The van der Waals surface area contributed by atoms with Crippen LogP contribution in [0.25, 0.3) is 5.69 Å². The lowest BCUT2D eigenvalue weighted by Crippen LogP contribution is -2.40. The van der Waals surface area contributed by atoms with E-state index in [1.165, 1.54) is 17.0 Å². The van der Waals surface area contributed by atoms with Crippen LogP contribution < -0.4 is 11.1 Å². The van der Waals surface area contributed by atoms with Crippen molar-refractivity contribution in [2.75, 3.05) is 0 Å². The minimum atomic E-state index is -0.801. The molecule has 0 fully saturated rings. The summed E-state index contributed by atoms with van der Waals surface area (Å²) in [6.07, 6.45) is 2.85. The van der Waals surface area contributed by atoms with E-state index in [-0.39, 0.29) is 12.1 Å². The maximum atomic E-state index is 13.8. The Morgan fingerprint density at radius 1 is 0.880 bits per heavy atom. The van der Waals surface area contributed by atoms with Gasteiger partial charge < -0.3 is 4.57 Å². The number of rotatable bonds is 3. The fourth-order valence-electron chi connectivity index (χ4n) is 2.77. The van der Waals surface area contributed by atoms with Crippen molar-refractivity contribution in [3.05, 3.63) is 97.8 Å². The number of hydrogen-bond donors (Lipinski definition) is 0. The van der Waals surface area contributed by atoms with E-state index < -0.39 is 22.8 Å². The predicted octanol–water partition coefficient (Wildman–Crippen LogP) is 2.94. The second kappa shape index (κ2) is 6.47. The summed E-state index contributed by atoms with van der Waals surface area (Å²) in [4.78, 5) is 24.8. The minimum Gasteiger partial charge on any atom is -0.305 e. The summed E-state index contributed by atoms with van der Waals surface area (Å²) in [5, 5.41) is 0. The molecule has 0 aliphatic carbocycles. The molecular formula is C19H16F2N2O2. The second-order valence-corrected chi connectivity index (χ2v) is 5.99. The zero-order valence-corrected chi connectivity index (χ0v) is 13.8. The Morgan fingerprint density at radius 3 is 2.24 bits per heavy atom. The molecule has 0 radical (unpaired) electrons. The van der Waals surface area contributed by atoms with Gasteiger partial charge in [-0.3, -0.25) is 14.2 Å². The summed E-state index contributed by atoms with van der Waals surface area (Å²) < 4.78 is 29.3. The molecule has 128 valence electrons. The largest absolute Gasteiger partial charge is 0.320 e. The topological polar surface area (TPSA) is 44.0 Å². The van der Waals surface area contributed by atoms with Crippen molar-refractivity contribution in [2.45, 2.75) is 20.4 Å². The summed E-state index contributed by atoms with van der Waals surface area (Å²) in [6, 6.07) is 8.56. The van der Waals surface area contributed by atoms with Crippen LogP contribution in [0, 0.1) is 25.5 Å². The minimum absolute atomic E-state index is 0.00523. The molecule has 0 saturated carbocycles. The molecule has 0 atom stereocenters. The zero-order valence-electron chi connectivity index (χ0n) is 13.8. The van der Waals surface area contributed by atoms with Gasteiger partial charge in [0.1, 0.15) is 11.6 Å². The SMILES string of the molecule is Cc1cc(C)cc(-n2ccn(Cc3cc(F)ccc3F)c(=O)c2=O)c1. The van der Waals surface area contributed by atoms with Gasteiger partial charge in [0.25, 0.3) is 0 Å². The van der Waals surface area contributed by atoms with Gasteiger partial charge in [-0.05, 0) is 55.3 Å². The molecule has 0 spiro atoms. The maximum Gasteiger partial charge on any atom is 0.320 e. The van der Waals surface area contributed by atoms with E-state index in [2.05, 4.69) is 0 Å². The molecular weight excluding hydrogens is 326 g/mol. The number of benzene rings is 2. The predicted molar refractivity (Wildman–Crippen MR) is 91.2 cm³/mol. The molecule has 2 aromatic carbocycles. The van der Waals surface area contributed by atoms with E-state index in [1.807, 2.05) is 19.9 Å². The molecule has 0 N–H and O–H groups in total. The fraction of sp³-hybridized carbons (Fsp3) is 0.158. The lowest BCUT2D eigenvalue weighted by Gasteiger charge is -2.11. The summed E-state index contributed by atoms with van der Waals surface area (Å²) in [5.41, 5.74) is 0.977. The Bertz CT molecular complexity index is 1050. The Balaban J connectivity index is 2.05. The quantitative estimate of drug-likeness (QED) is 0.687. The summed E-state index contributed by atoms with van der Waals surface area (Å²) in [5.74, 6) is -1.24.